The first-order chi connectivity index (χ1) is 19.8. The molecule has 2 aromatic heterocycles. The molecule has 2 N–H and O–H groups in total. The summed E-state index contributed by atoms with van der Waals surface area (Å²) in [7, 11) is 0. The minimum absolute atomic E-state index is 0.0408. The van der Waals surface area contributed by atoms with Crippen LogP contribution in [0.15, 0.2) is 97.1 Å². The van der Waals surface area contributed by atoms with E-state index in [2.05, 4.69) is 115 Å². The molecule has 4 nitrogen and oxygen atoms in total. The summed E-state index contributed by atoms with van der Waals surface area (Å²) in [6, 6.07) is 33.8. The molecular formula is C36H38N4. The van der Waals surface area contributed by atoms with Crippen LogP contribution in [-0.2, 0) is 0 Å². The van der Waals surface area contributed by atoms with E-state index >= 15 is 0 Å². The van der Waals surface area contributed by atoms with Crippen molar-refractivity contribution in [3.8, 4) is 0 Å². The van der Waals surface area contributed by atoms with E-state index in [0.717, 1.165) is 61.4 Å². The number of benzene rings is 4. The lowest BCUT2D eigenvalue weighted by Gasteiger charge is -2.26. The molecule has 0 saturated carbocycles. The number of unbranched alkanes of at least 4 members (excludes halogenated alkanes) is 6. The molecule has 0 aliphatic heterocycles. The average Bonchev–Trinajstić information content (AvgIpc) is 3.00. The van der Waals surface area contributed by atoms with E-state index in [4.69, 9.17) is 9.97 Å². The summed E-state index contributed by atoms with van der Waals surface area (Å²) in [5, 5.41) is 12.6. The summed E-state index contributed by atoms with van der Waals surface area (Å²) >= 11 is 0. The van der Waals surface area contributed by atoms with Crippen molar-refractivity contribution in [1.82, 2.24) is 9.97 Å². The summed E-state index contributed by atoms with van der Waals surface area (Å²) < 4.78 is 0. The first-order valence-corrected chi connectivity index (χ1v) is 14.9. The van der Waals surface area contributed by atoms with Gasteiger partial charge in [0.15, 0.2) is 0 Å². The first-order valence-electron chi connectivity index (χ1n) is 14.9. The Hall–Kier alpha value is -4.18. The molecule has 4 heteroatoms. The highest BCUT2D eigenvalue weighted by Crippen LogP contribution is 2.34. The van der Waals surface area contributed by atoms with Crippen LogP contribution in [0.3, 0.4) is 0 Å². The molecule has 6 aromatic rings. The molecule has 0 bridgehead atoms. The number of hydrogen-bond acceptors (Lipinski definition) is 4. The smallest absolute Gasteiger partial charge is 0.0964 e. The second-order valence-electron chi connectivity index (χ2n) is 10.8. The van der Waals surface area contributed by atoms with Crippen LogP contribution in [-0.4, -0.2) is 16.1 Å². The van der Waals surface area contributed by atoms with Crippen molar-refractivity contribution < 1.29 is 0 Å². The molecule has 202 valence electrons. The molecule has 0 spiro atoms. The molecule has 0 atom stereocenters. The maximum atomic E-state index is 4.95. The Morgan fingerprint density at radius 1 is 0.475 bits per heavy atom. The Labute approximate surface area is 236 Å². The van der Waals surface area contributed by atoms with E-state index in [1.54, 1.807) is 0 Å². The lowest BCUT2D eigenvalue weighted by atomic mass is 10.0. The highest BCUT2D eigenvalue weighted by atomic mass is 15.1. The fourth-order valence-corrected chi connectivity index (χ4v) is 5.83. The van der Waals surface area contributed by atoms with Crippen LogP contribution in [0.2, 0.25) is 0 Å². The number of nitrogens with one attached hydrogen (secondary N) is 2. The van der Waals surface area contributed by atoms with Crippen LogP contribution in [0, 0.1) is 0 Å². The molecule has 0 aliphatic carbocycles. The number of hydrogen-bond donors (Lipinski definition) is 2. The van der Waals surface area contributed by atoms with Gasteiger partial charge in [0.1, 0.15) is 0 Å². The standard InChI is InChI=1S/C36H38N4/c1-2-3-4-5-6-7-8-25-34(39-35-26-17-9-13-21-30(26)37-31-22-14-10-18-27(31)35)40-36-28-19-11-15-23-32(28)38-33-24-16-12-20-29(33)36/h9-24,34H,2-8,25H2,1H3,(H,37,39)(H,38,40). The Balaban J connectivity index is 1.38. The first kappa shape index (κ1) is 26.1. The highest BCUT2D eigenvalue weighted by Gasteiger charge is 2.17. The Bertz CT molecular complexity index is 1510. The number of pyridine rings is 2. The third kappa shape index (κ3) is 5.58. The van der Waals surface area contributed by atoms with Crippen LogP contribution >= 0.6 is 0 Å². The van der Waals surface area contributed by atoms with Crippen LogP contribution < -0.4 is 10.6 Å². The Kier molecular flexibility index (Phi) is 8.04. The van der Waals surface area contributed by atoms with Crippen molar-refractivity contribution >= 4 is 55.0 Å². The van der Waals surface area contributed by atoms with E-state index in [1.807, 2.05) is 0 Å². The fourth-order valence-electron chi connectivity index (χ4n) is 5.83. The predicted molar refractivity (Wildman–Crippen MR) is 172 cm³/mol. The van der Waals surface area contributed by atoms with Gasteiger partial charge in [-0.15, -0.1) is 0 Å². The summed E-state index contributed by atoms with van der Waals surface area (Å²) in [6.45, 7) is 2.28. The van der Waals surface area contributed by atoms with Crippen LogP contribution in [0.5, 0.6) is 0 Å². The maximum absolute atomic E-state index is 4.95. The summed E-state index contributed by atoms with van der Waals surface area (Å²) in [6.07, 6.45) is 10.1. The van der Waals surface area contributed by atoms with Crippen LogP contribution in [0.25, 0.3) is 43.6 Å². The quantitative estimate of drug-likeness (QED) is 0.0946. The molecule has 40 heavy (non-hydrogen) atoms. The molecule has 0 saturated heterocycles. The SMILES string of the molecule is CCCCCCCCCC(Nc1c2ccccc2nc2ccccc12)Nc1c2ccccc2nc2ccccc12. The molecule has 0 aliphatic rings. The largest absolute Gasteiger partial charge is 0.364 e. The fraction of sp³-hybridized carbons (Fsp3) is 0.278. The molecule has 2 heterocycles. The van der Waals surface area contributed by atoms with Crippen LogP contribution in [0.4, 0.5) is 11.4 Å². The van der Waals surface area contributed by atoms with Gasteiger partial charge in [0.25, 0.3) is 0 Å². The molecule has 6 rings (SSSR count). The van der Waals surface area contributed by atoms with E-state index < -0.39 is 0 Å². The molecule has 0 radical (unpaired) electrons. The van der Waals surface area contributed by atoms with E-state index in [1.165, 1.54) is 44.9 Å². The van der Waals surface area contributed by atoms with Gasteiger partial charge in [-0.25, -0.2) is 9.97 Å². The van der Waals surface area contributed by atoms with Gasteiger partial charge in [-0.2, -0.15) is 0 Å². The predicted octanol–water partition coefficient (Wildman–Crippen LogP) is 10.1. The Morgan fingerprint density at radius 3 is 1.23 bits per heavy atom. The zero-order valence-electron chi connectivity index (χ0n) is 23.4. The number of nitrogens with zero attached hydrogens (tertiary/aromatic N) is 2. The topological polar surface area (TPSA) is 49.8 Å². The lowest BCUT2D eigenvalue weighted by Crippen LogP contribution is -2.29. The number of rotatable bonds is 12. The van der Waals surface area contributed by atoms with E-state index in [-0.39, 0.29) is 6.17 Å². The summed E-state index contributed by atoms with van der Waals surface area (Å²) in [5.74, 6) is 0. The molecule has 0 amide bonds. The van der Waals surface area contributed by atoms with Crippen molar-refractivity contribution in [1.29, 1.82) is 0 Å². The maximum Gasteiger partial charge on any atom is 0.0964 e. The third-order valence-corrected chi connectivity index (χ3v) is 7.91. The number of fused-ring (bicyclic) bond motifs is 4. The van der Waals surface area contributed by atoms with Gasteiger partial charge in [0.2, 0.25) is 0 Å². The monoisotopic (exact) mass is 526 g/mol. The second kappa shape index (κ2) is 12.3. The molecular weight excluding hydrogens is 488 g/mol. The van der Waals surface area contributed by atoms with Crippen molar-refractivity contribution in [3.05, 3.63) is 97.1 Å². The van der Waals surface area contributed by atoms with E-state index in [9.17, 15) is 0 Å². The van der Waals surface area contributed by atoms with Crippen molar-refractivity contribution in [3.63, 3.8) is 0 Å². The van der Waals surface area contributed by atoms with Crippen molar-refractivity contribution in [2.75, 3.05) is 10.6 Å². The van der Waals surface area contributed by atoms with E-state index in [0.29, 0.717) is 0 Å². The molecule has 4 aromatic carbocycles. The summed E-state index contributed by atoms with van der Waals surface area (Å²) in [4.78, 5) is 9.91. The minimum atomic E-state index is 0.0408. The van der Waals surface area contributed by atoms with Gasteiger partial charge in [-0.1, -0.05) is 118 Å². The summed E-state index contributed by atoms with van der Waals surface area (Å²) in [5.41, 5.74) is 6.33. The van der Waals surface area contributed by atoms with Gasteiger partial charge >= 0.3 is 0 Å². The van der Waals surface area contributed by atoms with Gasteiger partial charge < -0.3 is 10.6 Å². The minimum Gasteiger partial charge on any atom is -0.364 e. The number of anilines is 2. The van der Waals surface area contributed by atoms with Crippen molar-refractivity contribution in [2.24, 2.45) is 0 Å². The zero-order valence-corrected chi connectivity index (χ0v) is 23.4. The number of aromatic nitrogens is 2. The number of para-hydroxylation sites is 4. The molecule has 0 unspecified atom stereocenters. The lowest BCUT2D eigenvalue weighted by molar-refractivity contribution is 0.561. The van der Waals surface area contributed by atoms with Crippen LogP contribution in [0.1, 0.15) is 58.3 Å². The van der Waals surface area contributed by atoms with Gasteiger partial charge in [0.05, 0.1) is 39.6 Å². The van der Waals surface area contributed by atoms with Gasteiger partial charge in [-0.05, 0) is 37.1 Å². The average molecular weight is 527 g/mol. The van der Waals surface area contributed by atoms with Gasteiger partial charge in [-0.3, -0.25) is 0 Å². The zero-order chi connectivity index (χ0) is 27.1. The normalized spacial score (nSPS) is 11.7. The van der Waals surface area contributed by atoms with Gasteiger partial charge in [0, 0.05) is 21.5 Å². The Morgan fingerprint density at radius 2 is 0.825 bits per heavy atom. The second-order valence-corrected chi connectivity index (χ2v) is 10.8. The third-order valence-electron chi connectivity index (χ3n) is 7.91. The highest BCUT2D eigenvalue weighted by molar-refractivity contribution is 6.09. The molecule has 0 fully saturated rings. The van der Waals surface area contributed by atoms with Crippen molar-refractivity contribution in [2.45, 2.75) is 64.5 Å².